The molecule has 0 atom stereocenters. The van der Waals surface area contributed by atoms with Crippen LogP contribution in [0.5, 0.6) is 0 Å². The van der Waals surface area contributed by atoms with Gasteiger partial charge in [0.15, 0.2) is 0 Å². The van der Waals surface area contributed by atoms with E-state index in [1.165, 1.54) is 5.56 Å². The van der Waals surface area contributed by atoms with Crippen LogP contribution in [0.15, 0.2) is 18.6 Å². The standard InChI is InChI=1S/C6H10N2.C3H5N3/c1-5-4-8(3)7-6(5)2;1-6-3-2-4-5-6/h4H,1-3H3;2-3H,1H3. The zero-order chi connectivity index (χ0) is 10.6. The zero-order valence-corrected chi connectivity index (χ0v) is 8.97. The second-order valence-electron chi connectivity index (χ2n) is 3.15. The van der Waals surface area contributed by atoms with Crippen molar-refractivity contribution in [1.29, 1.82) is 0 Å². The molecule has 76 valence electrons. The summed E-state index contributed by atoms with van der Waals surface area (Å²) in [5.41, 5.74) is 2.38. The Hall–Kier alpha value is -1.65. The van der Waals surface area contributed by atoms with Crippen molar-refractivity contribution in [3.05, 3.63) is 29.8 Å². The normalized spacial score (nSPS) is 9.43. The lowest BCUT2D eigenvalue weighted by molar-refractivity contribution is 0.715. The lowest BCUT2D eigenvalue weighted by Crippen LogP contribution is -1.86. The highest BCUT2D eigenvalue weighted by molar-refractivity contribution is 5.11. The molecule has 0 radical (unpaired) electrons. The van der Waals surface area contributed by atoms with Crippen LogP contribution in [0.1, 0.15) is 11.3 Å². The summed E-state index contributed by atoms with van der Waals surface area (Å²) >= 11 is 0. The van der Waals surface area contributed by atoms with Crippen molar-refractivity contribution in [2.75, 3.05) is 0 Å². The summed E-state index contributed by atoms with van der Waals surface area (Å²) < 4.78 is 3.46. The summed E-state index contributed by atoms with van der Waals surface area (Å²) in [5.74, 6) is 0. The van der Waals surface area contributed by atoms with Crippen molar-refractivity contribution in [1.82, 2.24) is 24.8 Å². The minimum absolute atomic E-state index is 1.12. The molecular formula is C9H15N5. The molecule has 5 nitrogen and oxygen atoms in total. The molecule has 14 heavy (non-hydrogen) atoms. The minimum Gasteiger partial charge on any atom is -0.275 e. The summed E-state index contributed by atoms with van der Waals surface area (Å²) in [7, 11) is 3.76. The number of nitrogens with zero attached hydrogens (tertiary/aromatic N) is 5. The van der Waals surface area contributed by atoms with Crippen LogP contribution in [-0.2, 0) is 14.1 Å². The van der Waals surface area contributed by atoms with Gasteiger partial charge in [-0.3, -0.25) is 9.36 Å². The molecule has 0 aliphatic heterocycles. The molecule has 0 aliphatic rings. The van der Waals surface area contributed by atoms with Crippen LogP contribution in [-0.4, -0.2) is 24.8 Å². The third-order valence-corrected chi connectivity index (χ3v) is 1.80. The van der Waals surface area contributed by atoms with Crippen LogP contribution in [0.4, 0.5) is 0 Å². The quantitative estimate of drug-likeness (QED) is 0.623. The molecule has 5 heteroatoms. The molecule has 0 saturated heterocycles. The molecule has 2 aromatic heterocycles. The first kappa shape index (κ1) is 10.4. The fraction of sp³-hybridized carbons (Fsp3) is 0.444. The Labute approximate surface area is 83.4 Å². The summed E-state index contributed by atoms with van der Waals surface area (Å²) in [4.78, 5) is 0. The van der Waals surface area contributed by atoms with E-state index in [1.807, 2.05) is 31.9 Å². The molecule has 0 bridgehead atoms. The average Bonchev–Trinajstić information content (AvgIpc) is 2.65. The van der Waals surface area contributed by atoms with Gasteiger partial charge in [-0.1, -0.05) is 5.21 Å². The van der Waals surface area contributed by atoms with Crippen molar-refractivity contribution in [3.8, 4) is 0 Å². The highest BCUT2D eigenvalue weighted by Gasteiger charge is 1.92. The van der Waals surface area contributed by atoms with Crippen molar-refractivity contribution in [2.24, 2.45) is 14.1 Å². The number of aryl methyl sites for hydroxylation is 4. The average molecular weight is 193 g/mol. The Morgan fingerprint density at radius 3 is 2.00 bits per heavy atom. The van der Waals surface area contributed by atoms with Crippen LogP contribution >= 0.6 is 0 Å². The Balaban J connectivity index is 0.000000146. The van der Waals surface area contributed by atoms with E-state index in [-0.39, 0.29) is 0 Å². The Morgan fingerprint density at radius 2 is 1.86 bits per heavy atom. The van der Waals surface area contributed by atoms with Gasteiger partial charge in [0.1, 0.15) is 0 Å². The van der Waals surface area contributed by atoms with Gasteiger partial charge in [0, 0.05) is 26.5 Å². The molecule has 0 aliphatic carbocycles. The van der Waals surface area contributed by atoms with Gasteiger partial charge in [0.25, 0.3) is 0 Å². The van der Waals surface area contributed by atoms with Gasteiger partial charge >= 0.3 is 0 Å². The van der Waals surface area contributed by atoms with Gasteiger partial charge < -0.3 is 0 Å². The monoisotopic (exact) mass is 193 g/mol. The predicted octanol–water partition coefficient (Wildman–Crippen LogP) is 0.852. The topological polar surface area (TPSA) is 48.5 Å². The molecule has 2 rings (SSSR count). The summed E-state index contributed by atoms with van der Waals surface area (Å²) in [6.45, 7) is 4.07. The van der Waals surface area contributed by atoms with Crippen molar-refractivity contribution < 1.29 is 0 Å². The number of rotatable bonds is 0. The smallest absolute Gasteiger partial charge is 0.0692 e. The third-order valence-electron chi connectivity index (χ3n) is 1.80. The fourth-order valence-corrected chi connectivity index (χ4v) is 0.985. The van der Waals surface area contributed by atoms with E-state index in [0.29, 0.717) is 0 Å². The van der Waals surface area contributed by atoms with Gasteiger partial charge in [0.2, 0.25) is 0 Å². The van der Waals surface area contributed by atoms with E-state index >= 15 is 0 Å². The molecule has 0 spiro atoms. The first-order valence-corrected chi connectivity index (χ1v) is 4.36. The Bertz CT molecular complexity index is 354. The van der Waals surface area contributed by atoms with Crippen molar-refractivity contribution in [2.45, 2.75) is 13.8 Å². The van der Waals surface area contributed by atoms with Gasteiger partial charge in [0.05, 0.1) is 11.9 Å². The first-order valence-electron chi connectivity index (χ1n) is 4.36. The molecule has 0 saturated carbocycles. The fourth-order valence-electron chi connectivity index (χ4n) is 0.985. The third kappa shape index (κ3) is 3.01. The van der Waals surface area contributed by atoms with Gasteiger partial charge in [-0.2, -0.15) is 5.10 Å². The lowest BCUT2D eigenvalue weighted by atomic mass is 10.3. The van der Waals surface area contributed by atoms with Crippen molar-refractivity contribution in [3.63, 3.8) is 0 Å². The van der Waals surface area contributed by atoms with Crippen LogP contribution < -0.4 is 0 Å². The maximum atomic E-state index is 4.13. The molecule has 0 amide bonds. The maximum Gasteiger partial charge on any atom is 0.0692 e. The first-order chi connectivity index (χ1) is 6.59. The molecule has 0 aromatic carbocycles. The van der Waals surface area contributed by atoms with Gasteiger partial charge in [-0.25, -0.2) is 0 Å². The van der Waals surface area contributed by atoms with E-state index < -0.39 is 0 Å². The van der Waals surface area contributed by atoms with E-state index in [2.05, 4.69) is 22.3 Å². The number of hydrogen-bond acceptors (Lipinski definition) is 3. The largest absolute Gasteiger partial charge is 0.275 e. The number of hydrogen-bond donors (Lipinski definition) is 0. The second-order valence-corrected chi connectivity index (χ2v) is 3.15. The highest BCUT2D eigenvalue weighted by atomic mass is 15.4. The van der Waals surface area contributed by atoms with Crippen LogP contribution in [0.3, 0.4) is 0 Å². The molecular weight excluding hydrogens is 178 g/mol. The Morgan fingerprint density at radius 1 is 1.14 bits per heavy atom. The van der Waals surface area contributed by atoms with E-state index in [1.54, 1.807) is 17.1 Å². The Kier molecular flexibility index (Phi) is 3.39. The highest BCUT2D eigenvalue weighted by Crippen LogP contribution is 1.99. The van der Waals surface area contributed by atoms with Crippen molar-refractivity contribution >= 4 is 0 Å². The maximum absolute atomic E-state index is 4.13. The van der Waals surface area contributed by atoms with Gasteiger partial charge in [-0.15, -0.1) is 5.10 Å². The molecule has 2 heterocycles. The lowest BCUT2D eigenvalue weighted by Gasteiger charge is -1.79. The van der Waals surface area contributed by atoms with Crippen LogP contribution in [0.25, 0.3) is 0 Å². The number of aromatic nitrogens is 5. The summed E-state index contributed by atoms with van der Waals surface area (Å²) in [5, 5.41) is 11.2. The summed E-state index contributed by atoms with van der Waals surface area (Å²) in [6, 6.07) is 0. The molecule has 0 N–H and O–H groups in total. The minimum atomic E-state index is 1.12. The van der Waals surface area contributed by atoms with Gasteiger partial charge in [-0.05, 0) is 19.4 Å². The molecule has 0 unspecified atom stereocenters. The second kappa shape index (κ2) is 4.55. The zero-order valence-electron chi connectivity index (χ0n) is 8.97. The molecule has 2 aromatic rings. The molecule has 0 fully saturated rings. The van der Waals surface area contributed by atoms with Crippen LogP contribution in [0.2, 0.25) is 0 Å². The summed E-state index contributed by atoms with van der Waals surface area (Å²) in [6.07, 6.45) is 5.43. The van der Waals surface area contributed by atoms with E-state index in [4.69, 9.17) is 0 Å². The van der Waals surface area contributed by atoms with E-state index in [9.17, 15) is 0 Å². The SMILES string of the molecule is Cc1cn(C)nc1C.Cn1ccnn1. The van der Waals surface area contributed by atoms with Crippen LogP contribution in [0, 0.1) is 13.8 Å². The predicted molar refractivity (Wildman–Crippen MR) is 53.7 cm³/mol. The van der Waals surface area contributed by atoms with E-state index in [0.717, 1.165) is 5.69 Å².